The summed E-state index contributed by atoms with van der Waals surface area (Å²) in [7, 11) is 3.49. The van der Waals surface area contributed by atoms with Crippen molar-refractivity contribution in [3.63, 3.8) is 0 Å². The van der Waals surface area contributed by atoms with Crippen molar-refractivity contribution in [3.05, 3.63) is 36.4 Å². The van der Waals surface area contributed by atoms with Crippen LogP contribution in [0.25, 0.3) is 27.8 Å². The van der Waals surface area contributed by atoms with Crippen LogP contribution < -0.4 is 4.74 Å². The molecule has 7 nitrogen and oxygen atoms in total. The number of imidazole rings is 1. The Morgan fingerprint density at radius 2 is 2.04 bits per heavy atom. The average molecular weight is 309 g/mol. The van der Waals surface area contributed by atoms with Gasteiger partial charge in [0.1, 0.15) is 11.4 Å². The molecular formula is C16H15N5O2. The summed E-state index contributed by atoms with van der Waals surface area (Å²) in [6.45, 7) is 1.76. The van der Waals surface area contributed by atoms with Crippen LogP contribution in [0.2, 0.25) is 0 Å². The number of aryl methyl sites for hydroxylation is 2. The monoisotopic (exact) mass is 309 g/mol. The molecule has 4 rings (SSSR count). The standard InChI is InChI=1S/C16H15N5O2/c1-9-16(22)21-13-4-11(10-6-18-20(2)8-10)14(23-3)5-12(13)17-7-15(21)19-9/h4-8,22H,1-3H3. The molecule has 1 aromatic carbocycles. The fourth-order valence-electron chi connectivity index (χ4n) is 2.79. The highest BCUT2D eigenvalue weighted by atomic mass is 16.5. The number of ether oxygens (including phenoxy) is 1. The molecule has 23 heavy (non-hydrogen) atoms. The first-order valence-corrected chi connectivity index (χ1v) is 7.12. The molecule has 0 aliphatic carbocycles. The van der Waals surface area contributed by atoms with E-state index >= 15 is 0 Å². The summed E-state index contributed by atoms with van der Waals surface area (Å²) in [5.41, 5.74) is 4.47. The Balaban J connectivity index is 2.11. The van der Waals surface area contributed by atoms with Gasteiger partial charge in [0.2, 0.25) is 5.88 Å². The molecule has 3 aromatic heterocycles. The first kappa shape index (κ1) is 13.6. The van der Waals surface area contributed by atoms with E-state index in [1.54, 1.807) is 35.5 Å². The van der Waals surface area contributed by atoms with Crippen molar-refractivity contribution < 1.29 is 9.84 Å². The Hall–Kier alpha value is -3.09. The molecule has 116 valence electrons. The van der Waals surface area contributed by atoms with Gasteiger partial charge < -0.3 is 9.84 Å². The van der Waals surface area contributed by atoms with Gasteiger partial charge in [0.25, 0.3) is 0 Å². The van der Waals surface area contributed by atoms with Crippen molar-refractivity contribution in [2.24, 2.45) is 7.05 Å². The van der Waals surface area contributed by atoms with Crippen molar-refractivity contribution in [1.82, 2.24) is 24.1 Å². The predicted octanol–water partition coefficient (Wildman–Crippen LogP) is 2.31. The zero-order valence-electron chi connectivity index (χ0n) is 13.0. The Kier molecular flexibility index (Phi) is 2.77. The number of hydrogen-bond donors (Lipinski definition) is 1. The highest BCUT2D eigenvalue weighted by Crippen LogP contribution is 2.34. The summed E-state index contributed by atoms with van der Waals surface area (Å²) in [6.07, 6.45) is 5.32. The fraction of sp³-hybridized carbons (Fsp3) is 0.188. The number of nitrogens with zero attached hydrogens (tertiary/aromatic N) is 5. The first-order valence-electron chi connectivity index (χ1n) is 7.12. The Bertz CT molecular complexity index is 1050. The van der Waals surface area contributed by atoms with Gasteiger partial charge in [-0.05, 0) is 13.0 Å². The SMILES string of the molecule is COc1cc2ncc3nc(C)c(O)n3c2cc1-c1cnn(C)c1. The summed E-state index contributed by atoms with van der Waals surface area (Å²) < 4.78 is 8.92. The van der Waals surface area contributed by atoms with Crippen molar-refractivity contribution in [1.29, 1.82) is 0 Å². The predicted molar refractivity (Wildman–Crippen MR) is 85.6 cm³/mol. The number of fused-ring (bicyclic) bond motifs is 3. The van der Waals surface area contributed by atoms with Gasteiger partial charge in [0.05, 0.1) is 30.5 Å². The van der Waals surface area contributed by atoms with Crippen molar-refractivity contribution in [2.75, 3.05) is 7.11 Å². The quantitative estimate of drug-likeness (QED) is 0.615. The third kappa shape index (κ3) is 1.93. The maximum Gasteiger partial charge on any atom is 0.219 e. The lowest BCUT2D eigenvalue weighted by Gasteiger charge is -2.10. The lowest BCUT2D eigenvalue weighted by Crippen LogP contribution is -1.94. The van der Waals surface area contributed by atoms with E-state index in [-0.39, 0.29) is 5.88 Å². The lowest BCUT2D eigenvalue weighted by atomic mass is 10.1. The Morgan fingerprint density at radius 1 is 1.22 bits per heavy atom. The van der Waals surface area contributed by atoms with Crippen LogP contribution in [0, 0.1) is 6.92 Å². The van der Waals surface area contributed by atoms with Crippen molar-refractivity contribution in [2.45, 2.75) is 6.92 Å². The minimum atomic E-state index is 0.120. The van der Waals surface area contributed by atoms with E-state index in [9.17, 15) is 5.11 Å². The third-order valence-electron chi connectivity index (χ3n) is 3.92. The van der Waals surface area contributed by atoms with Crippen LogP contribution in [0.1, 0.15) is 5.69 Å². The highest BCUT2D eigenvalue weighted by molar-refractivity contribution is 5.87. The molecule has 0 saturated heterocycles. The molecule has 0 aliphatic heterocycles. The largest absolute Gasteiger partial charge is 0.496 e. The lowest BCUT2D eigenvalue weighted by molar-refractivity contribution is 0.417. The summed E-state index contributed by atoms with van der Waals surface area (Å²) >= 11 is 0. The molecule has 0 amide bonds. The zero-order chi connectivity index (χ0) is 16.1. The van der Waals surface area contributed by atoms with Crippen LogP contribution in [-0.4, -0.2) is 36.4 Å². The van der Waals surface area contributed by atoms with Crippen LogP contribution in [0.4, 0.5) is 0 Å². The molecule has 0 radical (unpaired) electrons. The third-order valence-corrected chi connectivity index (χ3v) is 3.92. The topological polar surface area (TPSA) is 77.5 Å². The fourth-order valence-corrected chi connectivity index (χ4v) is 2.79. The molecule has 0 unspecified atom stereocenters. The van der Waals surface area contributed by atoms with Gasteiger partial charge in [-0.15, -0.1) is 0 Å². The van der Waals surface area contributed by atoms with E-state index < -0.39 is 0 Å². The van der Waals surface area contributed by atoms with Crippen molar-refractivity contribution >= 4 is 16.7 Å². The van der Waals surface area contributed by atoms with Gasteiger partial charge in [-0.25, -0.2) is 4.98 Å². The van der Waals surface area contributed by atoms with Gasteiger partial charge in [0.15, 0.2) is 5.65 Å². The van der Waals surface area contributed by atoms with Gasteiger partial charge in [-0.3, -0.25) is 14.1 Å². The second-order valence-corrected chi connectivity index (χ2v) is 5.42. The van der Waals surface area contributed by atoms with E-state index in [1.807, 2.05) is 25.4 Å². The second kappa shape index (κ2) is 4.70. The molecule has 0 atom stereocenters. The molecule has 0 saturated carbocycles. The molecule has 4 aromatic rings. The maximum absolute atomic E-state index is 10.3. The molecule has 0 bridgehead atoms. The van der Waals surface area contributed by atoms with E-state index in [0.29, 0.717) is 17.1 Å². The molecule has 0 fully saturated rings. The summed E-state index contributed by atoms with van der Waals surface area (Å²) in [4.78, 5) is 8.73. The van der Waals surface area contributed by atoms with Gasteiger partial charge >= 0.3 is 0 Å². The number of methoxy groups -OCH3 is 1. The Morgan fingerprint density at radius 3 is 2.74 bits per heavy atom. The minimum Gasteiger partial charge on any atom is -0.496 e. The number of hydrogen-bond acceptors (Lipinski definition) is 5. The molecular weight excluding hydrogens is 294 g/mol. The number of aromatic nitrogens is 5. The number of rotatable bonds is 2. The normalized spacial score (nSPS) is 11.4. The van der Waals surface area contributed by atoms with Gasteiger partial charge in [0, 0.05) is 30.4 Å². The van der Waals surface area contributed by atoms with Crippen LogP contribution in [0.5, 0.6) is 11.6 Å². The van der Waals surface area contributed by atoms with Crippen LogP contribution in [0.3, 0.4) is 0 Å². The van der Waals surface area contributed by atoms with Crippen LogP contribution in [-0.2, 0) is 7.05 Å². The Labute approximate surface area is 131 Å². The second-order valence-electron chi connectivity index (χ2n) is 5.42. The van der Waals surface area contributed by atoms with Gasteiger partial charge in [-0.1, -0.05) is 0 Å². The van der Waals surface area contributed by atoms with E-state index in [1.165, 1.54) is 0 Å². The maximum atomic E-state index is 10.3. The number of aromatic hydroxyl groups is 1. The van der Waals surface area contributed by atoms with E-state index in [2.05, 4.69) is 15.1 Å². The smallest absolute Gasteiger partial charge is 0.219 e. The van der Waals surface area contributed by atoms with Gasteiger partial charge in [-0.2, -0.15) is 5.10 Å². The zero-order valence-corrected chi connectivity index (χ0v) is 13.0. The molecule has 7 heteroatoms. The van der Waals surface area contributed by atoms with Crippen molar-refractivity contribution in [3.8, 4) is 22.8 Å². The van der Waals surface area contributed by atoms with Crippen LogP contribution >= 0.6 is 0 Å². The molecule has 0 aliphatic rings. The summed E-state index contributed by atoms with van der Waals surface area (Å²) in [6, 6.07) is 3.79. The highest BCUT2D eigenvalue weighted by Gasteiger charge is 2.15. The summed E-state index contributed by atoms with van der Waals surface area (Å²) in [5.74, 6) is 0.823. The molecule has 1 N–H and O–H groups in total. The summed E-state index contributed by atoms with van der Waals surface area (Å²) in [5, 5.41) is 14.5. The minimum absolute atomic E-state index is 0.120. The number of benzene rings is 1. The van der Waals surface area contributed by atoms with E-state index in [0.717, 1.165) is 22.2 Å². The molecule has 3 heterocycles. The van der Waals surface area contributed by atoms with Crippen LogP contribution in [0.15, 0.2) is 30.7 Å². The first-order chi connectivity index (χ1) is 11.1. The van der Waals surface area contributed by atoms with E-state index in [4.69, 9.17) is 4.74 Å². The average Bonchev–Trinajstić information content (AvgIpc) is 3.10. The molecule has 0 spiro atoms.